The van der Waals surface area contributed by atoms with Crippen molar-refractivity contribution in [2.45, 2.75) is 20.3 Å². The van der Waals surface area contributed by atoms with Crippen molar-refractivity contribution in [3.63, 3.8) is 0 Å². The fourth-order valence-corrected chi connectivity index (χ4v) is 0.201. The Balaban J connectivity index is 3.34. The second-order valence-electron chi connectivity index (χ2n) is 1.71. The lowest BCUT2D eigenvalue weighted by Crippen LogP contribution is -2.19. The van der Waals surface area contributed by atoms with E-state index in [9.17, 15) is 4.79 Å². The number of carbonyl (C=O) groups is 1. The number of carbonyl (C=O) groups excluding carboxylic acids is 1. The number of rotatable bonds is 2. The molecule has 7 heavy (non-hydrogen) atoms. The van der Waals surface area contributed by atoms with E-state index in [1.165, 1.54) is 0 Å². The first-order valence-corrected chi connectivity index (χ1v) is 2.47. The third-order valence-electron chi connectivity index (χ3n) is 1.10. The summed E-state index contributed by atoms with van der Waals surface area (Å²) in [6, 6.07) is 0. The molecule has 0 saturated heterocycles. The van der Waals surface area contributed by atoms with Gasteiger partial charge in [-0.25, -0.2) is 0 Å². The Morgan fingerprint density at radius 2 is 2.29 bits per heavy atom. The summed E-state index contributed by atoms with van der Waals surface area (Å²) in [4.78, 5) is 10.2. The molecule has 0 bridgehead atoms. The van der Waals surface area contributed by atoms with Gasteiger partial charge in [-0.05, 0) is 6.42 Å². The Labute approximate surface area is 43.7 Å². The van der Waals surface area contributed by atoms with E-state index in [1.54, 1.807) is 0 Å². The molecule has 0 aliphatic rings. The van der Waals surface area contributed by atoms with Gasteiger partial charge in [0.1, 0.15) is 0 Å². The van der Waals surface area contributed by atoms with Crippen LogP contribution >= 0.6 is 0 Å². The van der Waals surface area contributed by atoms with Crippen LogP contribution in [-0.2, 0) is 4.79 Å². The molecule has 1 atom stereocenters. The Hall–Kier alpha value is -0.530. The molecule has 2 nitrogen and oxygen atoms in total. The van der Waals surface area contributed by atoms with Crippen molar-refractivity contribution in [1.29, 1.82) is 0 Å². The molecule has 0 spiro atoms. The molecular formula is C5H11NO. The van der Waals surface area contributed by atoms with Gasteiger partial charge in [0.25, 0.3) is 0 Å². The molecule has 42 valence electrons. The van der Waals surface area contributed by atoms with Gasteiger partial charge in [-0.15, -0.1) is 0 Å². The number of primary amides is 1. The summed E-state index contributed by atoms with van der Waals surface area (Å²) in [6.45, 7) is 3.76. The molecular weight excluding hydrogens is 90.1 g/mol. The van der Waals surface area contributed by atoms with E-state index in [0.29, 0.717) is 0 Å². The maximum atomic E-state index is 10.2. The zero-order valence-corrected chi connectivity index (χ0v) is 4.77. The molecule has 0 rings (SSSR count). The summed E-state index contributed by atoms with van der Waals surface area (Å²) >= 11 is 0. The molecule has 0 radical (unpaired) electrons. The summed E-state index contributed by atoms with van der Waals surface area (Å²) in [5.74, 6) is -0.164. The van der Waals surface area contributed by atoms with Crippen molar-refractivity contribution in [1.82, 2.24) is 0 Å². The number of amides is 1. The quantitative estimate of drug-likeness (QED) is 0.541. The highest BCUT2D eigenvalue weighted by Gasteiger charge is 2.02. The summed E-state index contributed by atoms with van der Waals surface area (Å²) in [6.07, 6.45) is 0.843. The average molecular weight is 101 g/mol. The Morgan fingerprint density at radius 3 is 2.29 bits per heavy atom. The second-order valence-corrected chi connectivity index (χ2v) is 1.71. The smallest absolute Gasteiger partial charge is 0.220 e. The first-order valence-electron chi connectivity index (χ1n) is 2.47. The third kappa shape index (κ3) is 2.20. The Bertz CT molecular complexity index is 70.5. The predicted octanol–water partition coefficient (Wildman–Crippen LogP) is 0.518. The first-order chi connectivity index (χ1) is 3.18. The topological polar surface area (TPSA) is 43.1 Å². The minimum absolute atomic E-state index is 0.0417. The zero-order chi connectivity index (χ0) is 5.86. The highest BCUT2D eigenvalue weighted by atomic mass is 16.1. The van der Waals surface area contributed by atoms with Crippen molar-refractivity contribution in [3.8, 4) is 0 Å². The van der Waals surface area contributed by atoms with Gasteiger partial charge in [-0.1, -0.05) is 13.8 Å². The molecule has 0 aliphatic heterocycles. The predicted molar refractivity (Wildman–Crippen MR) is 28.6 cm³/mol. The lowest BCUT2D eigenvalue weighted by molar-refractivity contribution is -0.121. The van der Waals surface area contributed by atoms with E-state index < -0.39 is 0 Å². The van der Waals surface area contributed by atoms with Crippen molar-refractivity contribution in [2.75, 3.05) is 0 Å². The van der Waals surface area contributed by atoms with E-state index in [-0.39, 0.29) is 11.8 Å². The van der Waals surface area contributed by atoms with Gasteiger partial charge in [0.05, 0.1) is 0 Å². The van der Waals surface area contributed by atoms with Crippen LogP contribution in [0.15, 0.2) is 0 Å². The van der Waals surface area contributed by atoms with E-state index in [2.05, 4.69) is 0 Å². The molecule has 0 aromatic carbocycles. The zero-order valence-electron chi connectivity index (χ0n) is 4.77. The number of hydrogen-bond donors (Lipinski definition) is 1. The third-order valence-corrected chi connectivity index (χ3v) is 1.10. The molecule has 2 N–H and O–H groups in total. The average Bonchev–Trinajstić information content (AvgIpc) is 1.65. The molecule has 0 heterocycles. The monoisotopic (exact) mass is 101 g/mol. The van der Waals surface area contributed by atoms with Gasteiger partial charge in [0.15, 0.2) is 0 Å². The summed E-state index contributed by atoms with van der Waals surface area (Å²) in [7, 11) is 0. The Morgan fingerprint density at radius 1 is 1.86 bits per heavy atom. The lowest BCUT2D eigenvalue weighted by Gasteiger charge is -1.98. The van der Waals surface area contributed by atoms with Crippen molar-refractivity contribution < 1.29 is 4.79 Å². The molecule has 0 aromatic heterocycles. The highest BCUT2D eigenvalue weighted by Crippen LogP contribution is 1.96. The van der Waals surface area contributed by atoms with Gasteiger partial charge in [-0.2, -0.15) is 0 Å². The van der Waals surface area contributed by atoms with Crippen LogP contribution in [0.25, 0.3) is 0 Å². The van der Waals surface area contributed by atoms with E-state index in [1.807, 2.05) is 13.8 Å². The SMILES string of the molecule is CCC(C)C(N)=O. The van der Waals surface area contributed by atoms with Gasteiger partial charge in [0, 0.05) is 5.92 Å². The van der Waals surface area contributed by atoms with Crippen LogP contribution in [0.5, 0.6) is 0 Å². The molecule has 1 amide bonds. The van der Waals surface area contributed by atoms with Crippen LogP contribution in [0.4, 0.5) is 0 Å². The van der Waals surface area contributed by atoms with Crippen LogP contribution in [0.1, 0.15) is 20.3 Å². The summed E-state index contributed by atoms with van der Waals surface area (Å²) < 4.78 is 0. The van der Waals surface area contributed by atoms with Crippen molar-refractivity contribution in [3.05, 3.63) is 0 Å². The van der Waals surface area contributed by atoms with Crippen LogP contribution in [0.3, 0.4) is 0 Å². The molecule has 0 saturated carbocycles. The van der Waals surface area contributed by atoms with Crippen LogP contribution in [-0.4, -0.2) is 5.91 Å². The van der Waals surface area contributed by atoms with Gasteiger partial charge in [0.2, 0.25) is 5.91 Å². The minimum atomic E-state index is -0.206. The minimum Gasteiger partial charge on any atom is -0.369 e. The summed E-state index contributed by atoms with van der Waals surface area (Å²) in [5, 5.41) is 0. The fourth-order valence-electron chi connectivity index (χ4n) is 0.201. The van der Waals surface area contributed by atoms with Crippen molar-refractivity contribution >= 4 is 5.91 Å². The number of hydrogen-bond acceptors (Lipinski definition) is 1. The van der Waals surface area contributed by atoms with Gasteiger partial charge in [-0.3, -0.25) is 4.79 Å². The summed E-state index contributed by atoms with van der Waals surface area (Å²) in [5.41, 5.74) is 4.91. The molecule has 0 aliphatic carbocycles. The van der Waals surface area contributed by atoms with Gasteiger partial charge >= 0.3 is 0 Å². The van der Waals surface area contributed by atoms with Crippen LogP contribution < -0.4 is 5.73 Å². The number of nitrogens with two attached hydrogens (primary N) is 1. The molecule has 2 heteroatoms. The normalized spacial score (nSPS) is 13.4. The Kier molecular flexibility index (Phi) is 2.41. The van der Waals surface area contributed by atoms with Gasteiger partial charge < -0.3 is 5.73 Å². The first kappa shape index (κ1) is 6.47. The lowest BCUT2D eigenvalue weighted by atomic mass is 10.1. The van der Waals surface area contributed by atoms with Crippen LogP contribution in [0, 0.1) is 5.92 Å². The van der Waals surface area contributed by atoms with E-state index in [4.69, 9.17) is 5.73 Å². The maximum absolute atomic E-state index is 10.2. The van der Waals surface area contributed by atoms with Crippen molar-refractivity contribution in [2.24, 2.45) is 11.7 Å². The van der Waals surface area contributed by atoms with E-state index in [0.717, 1.165) is 6.42 Å². The standard InChI is InChI=1S/C5H11NO/c1-3-4(2)5(6)7/h4H,3H2,1-2H3,(H2,6,7). The van der Waals surface area contributed by atoms with E-state index >= 15 is 0 Å². The molecule has 1 unspecified atom stereocenters. The fraction of sp³-hybridized carbons (Fsp3) is 0.800. The maximum Gasteiger partial charge on any atom is 0.220 e. The largest absolute Gasteiger partial charge is 0.369 e. The molecule has 0 aromatic rings. The second kappa shape index (κ2) is 2.61. The highest BCUT2D eigenvalue weighted by molar-refractivity contribution is 5.76. The van der Waals surface area contributed by atoms with Crippen LogP contribution in [0.2, 0.25) is 0 Å². The molecule has 0 fully saturated rings.